The summed E-state index contributed by atoms with van der Waals surface area (Å²) < 4.78 is 27.9. The summed E-state index contributed by atoms with van der Waals surface area (Å²) in [6.45, 7) is 1.91. The van der Waals surface area contributed by atoms with Gasteiger partial charge in [0.25, 0.3) is 0 Å². The van der Waals surface area contributed by atoms with E-state index in [1.54, 1.807) is 104 Å². The van der Waals surface area contributed by atoms with E-state index in [-0.39, 0.29) is 12.8 Å². The molecular formula is C98H103Br6N33O2S2. The lowest BCUT2D eigenvalue weighted by molar-refractivity contribution is 0.174. The Hall–Kier alpha value is -11.8. The zero-order chi connectivity index (χ0) is 97.2. The molecule has 7 aliphatic rings. The fourth-order valence-electron chi connectivity index (χ4n) is 20.1. The van der Waals surface area contributed by atoms with Gasteiger partial charge in [0, 0.05) is 108 Å². The lowest BCUT2D eigenvalue weighted by Gasteiger charge is -2.22. The summed E-state index contributed by atoms with van der Waals surface area (Å²) in [5.41, 5.74) is 68.2. The second kappa shape index (κ2) is 42.8. The molecule has 14 N–H and O–H groups in total. The monoisotopic (exact) mass is 2310 g/mol. The fourth-order valence-corrected chi connectivity index (χ4v) is 24.7. The Morgan fingerprint density at radius 1 is 0.383 bits per heavy atom. The Morgan fingerprint density at radius 2 is 0.780 bits per heavy atom. The molecule has 18 aromatic rings. The lowest BCUT2D eigenvalue weighted by Crippen LogP contribution is -2.27. The maximum absolute atomic E-state index is 8.98. The van der Waals surface area contributed by atoms with Gasteiger partial charge in [0.1, 0.15) is 45.2 Å². The Kier molecular flexibility index (Phi) is 29.4. The minimum Gasteiger partial charge on any atom is -0.454 e. The summed E-state index contributed by atoms with van der Waals surface area (Å²) in [6.07, 6.45) is 53.1. The molecule has 0 bridgehead atoms. The minimum absolute atomic E-state index is 0.170. The van der Waals surface area contributed by atoms with Crippen molar-refractivity contribution < 1.29 is 9.47 Å². The quantitative estimate of drug-likeness (QED) is 0.0597. The highest BCUT2D eigenvalue weighted by atomic mass is 79.9. The van der Waals surface area contributed by atoms with Crippen molar-refractivity contribution in [3.05, 3.63) is 194 Å². The van der Waals surface area contributed by atoms with Crippen molar-refractivity contribution in [3.8, 4) is 83.9 Å². The smallest absolute Gasteiger partial charge is 0.231 e. The summed E-state index contributed by atoms with van der Waals surface area (Å²) in [5.74, 6) is 8.19. The van der Waals surface area contributed by atoms with Gasteiger partial charge < -0.3 is 54.5 Å². The van der Waals surface area contributed by atoms with E-state index in [0.717, 1.165) is 225 Å². The first-order valence-electron chi connectivity index (χ1n) is 47.6. The first kappa shape index (κ1) is 96.7. The van der Waals surface area contributed by atoms with Crippen molar-refractivity contribution in [1.29, 1.82) is 5.26 Å². The molecule has 6 fully saturated rings. The molecule has 726 valence electrons. The Balaban J connectivity index is 0.000000104. The zero-order valence-corrected chi connectivity index (χ0v) is 88.4. The van der Waals surface area contributed by atoms with Crippen LogP contribution in [0.5, 0.6) is 11.5 Å². The van der Waals surface area contributed by atoms with E-state index in [0.29, 0.717) is 75.7 Å². The number of benzene rings is 2. The molecule has 25 rings (SSSR count). The maximum atomic E-state index is 8.98. The normalized spacial score (nSPS) is 16.6. The van der Waals surface area contributed by atoms with Crippen molar-refractivity contribution in [2.45, 2.75) is 203 Å². The summed E-state index contributed by atoms with van der Waals surface area (Å²) >= 11 is 24.9. The number of ether oxygens (including phenoxy) is 2. The number of aromatic nitrogens is 24. The molecule has 5 saturated carbocycles. The molecular weight excluding hydrogens is 2210 g/mol. The minimum atomic E-state index is 0.170. The van der Waals surface area contributed by atoms with E-state index in [9.17, 15) is 0 Å². The van der Waals surface area contributed by atoms with Gasteiger partial charge in [0.15, 0.2) is 45.4 Å². The molecule has 5 aliphatic carbocycles. The average molecular weight is 2320 g/mol. The first-order chi connectivity index (χ1) is 68.7. The van der Waals surface area contributed by atoms with Crippen molar-refractivity contribution in [2.75, 3.05) is 59.2 Å². The van der Waals surface area contributed by atoms with Gasteiger partial charge in [0.2, 0.25) is 6.79 Å². The molecule has 2 aliphatic heterocycles. The fraction of sp³-hybridized carbons (Fsp3) is 0.367. The standard InChI is InChI=1S/C19H18BrN5.C19H19BrN4O2.C16H17BrN6.2C15H16BrN5S.C14H17BrN8/c20-16-17(14-4-2-1-3-5-14)24-19-15(11-23-25(19)18(16)22)13-8-6-12(10-21)7-9-13;20-16-17(11-4-2-1-3-5-11)23-19-13(9-22-24(19)18(16)21)12-6-7-14-15(8-12)26-10-25-14;17-13-14(10-4-2-1-3-5-10)22-16-11(8-21-23(16)15(13)18)12-9-19-6-7-20-12;16-12-13(9-4-2-1-3-5-9)20-15-10(11-7-22-8-18-11)6-19-21(15)14(12)17;16-12-13(9-4-2-1-3-5-9)20-15-10(11-7-18-8-22-11)6-19-21(15)14(12)17;1-21-6-8(4-18-21)10-5-19-23-12(17)11(15)14(20-13(10)23)22-3-2-9(16)7-22/h6-9,11,14H,1-5,22H2;6-9,11H,1-5,10,21H2;6-10H,1-5,18H2;2*6-9H,1-5,17H2;4-6,9H,2-3,7,16-17H2,1H3/t;;;;;9-/m.....0/s1. The van der Waals surface area contributed by atoms with Gasteiger partial charge >= 0.3 is 0 Å². The van der Waals surface area contributed by atoms with Crippen molar-refractivity contribution >= 4 is 193 Å². The number of rotatable bonds is 12. The predicted octanol–water partition coefficient (Wildman–Crippen LogP) is 22.3. The van der Waals surface area contributed by atoms with Crippen LogP contribution in [0.2, 0.25) is 0 Å². The second-order valence-electron chi connectivity index (χ2n) is 36.5. The maximum Gasteiger partial charge on any atom is 0.231 e. The van der Waals surface area contributed by atoms with Gasteiger partial charge in [-0.2, -0.15) is 68.0 Å². The number of nitriles is 1. The van der Waals surface area contributed by atoms with E-state index < -0.39 is 0 Å². The molecule has 2 aromatic carbocycles. The largest absolute Gasteiger partial charge is 0.454 e. The van der Waals surface area contributed by atoms with E-state index in [1.165, 1.54) is 122 Å². The molecule has 43 heteroatoms. The summed E-state index contributed by atoms with van der Waals surface area (Å²) in [6, 6.07) is 15.7. The van der Waals surface area contributed by atoms with Crippen LogP contribution in [-0.2, 0) is 7.05 Å². The number of nitrogen functional groups attached to an aromatic ring is 6. The van der Waals surface area contributed by atoms with Crippen LogP contribution in [0.15, 0.2) is 160 Å². The Bertz CT molecular complexity index is 7460. The van der Waals surface area contributed by atoms with Gasteiger partial charge in [-0.3, -0.25) is 19.6 Å². The molecule has 0 amide bonds. The molecule has 1 atom stereocenters. The van der Waals surface area contributed by atoms with Crippen LogP contribution in [0, 0.1) is 11.3 Å². The van der Waals surface area contributed by atoms with E-state index in [1.807, 2.05) is 90.7 Å². The number of fused-ring (bicyclic) bond motifs is 7. The van der Waals surface area contributed by atoms with Crippen LogP contribution in [0.3, 0.4) is 0 Å². The first-order valence-corrected chi connectivity index (χ1v) is 54.2. The van der Waals surface area contributed by atoms with E-state index >= 15 is 0 Å². The third kappa shape index (κ3) is 19.8. The van der Waals surface area contributed by atoms with Crippen LogP contribution in [0.25, 0.3) is 100 Å². The van der Waals surface area contributed by atoms with Crippen LogP contribution in [0.1, 0.15) is 231 Å². The van der Waals surface area contributed by atoms with Gasteiger partial charge in [0.05, 0.1) is 156 Å². The second-order valence-corrected chi connectivity index (χ2v) is 42.9. The van der Waals surface area contributed by atoms with Crippen molar-refractivity contribution in [1.82, 2.24) is 117 Å². The molecule has 16 aromatic heterocycles. The van der Waals surface area contributed by atoms with Crippen LogP contribution < -0.4 is 54.5 Å². The number of thiazole rings is 2. The number of anilines is 7. The van der Waals surface area contributed by atoms with Crippen molar-refractivity contribution in [2.24, 2.45) is 12.8 Å². The molecule has 35 nitrogen and oxygen atoms in total. The SMILES string of the molecule is Cn1cc(-c2cnn3c(N)c(Br)c(N4CC[C@H](N)C4)nc23)cn1.N#Cc1ccc(-c2cnn3c(N)c(Br)c(C4CCCCC4)nc23)cc1.Nc1c(Br)c(C2CCCCC2)nc2c(-c3ccc4c(c3)OCO4)cnn12.Nc1c(Br)c(C2CCCCC2)nc2c(-c3cnccn3)cnn12.Nc1c(Br)c(C2CCCCC2)nc2c(-c3cncs3)cnn12.Nc1c(Br)c(C2CCCCC2)nc2c(-c3cscn3)cnn12. The third-order valence-electron chi connectivity index (χ3n) is 27.6. The number of hydrogen-bond acceptors (Lipinski definition) is 30. The molecule has 0 spiro atoms. The number of aryl methyl sites for hydroxylation is 1. The van der Waals surface area contributed by atoms with E-state index in [4.69, 9.17) is 84.8 Å². The average Bonchev–Trinajstić information content (AvgIpc) is 1.71. The number of nitrogens with zero attached hydrogens (tertiary/aromatic N) is 26. The Morgan fingerprint density at radius 3 is 1.18 bits per heavy atom. The lowest BCUT2D eigenvalue weighted by atomic mass is 9.87. The third-order valence-corrected chi connectivity index (χ3v) is 33.8. The van der Waals surface area contributed by atoms with Crippen molar-refractivity contribution in [3.63, 3.8) is 0 Å². The van der Waals surface area contributed by atoms with Crippen LogP contribution in [-0.4, -0.2) is 143 Å². The molecule has 18 heterocycles. The zero-order valence-electron chi connectivity index (χ0n) is 77.2. The predicted molar refractivity (Wildman–Crippen MR) is 572 cm³/mol. The molecule has 141 heavy (non-hydrogen) atoms. The summed E-state index contributed by atoms with van der Waals surface area (Å²) in [4.78, 5) is 49.7. The van der Waals surface area contributed by atoms with Crippen LogP contribution >= 0.6 is 118 Å². The summed E-state index contributed by atoms with van der Waals surface area (Å²) in [5, 5.41) is 41.6. The van der Waals surface area contributed by atoms with Gasteiger partial charge in [-0.15, -0.1) is 22.7 Å². The number of halogens is 6. The highest BCUT2D eigenvalue weighted by Crippen LogP contribution is 2.48. The van der Waals surface area contributed by atoms with Gasteiger partial charge in [-0.25, -0.2) is 34.9 Å². The highest BCUT2D eigenvalue weighted by Gasteiger charge is 2.33. The topological polar surface area (TPSA) is 478 Å². The number of hydrogen-bond donors (Lipinski definition) is 7. The van der Waals surface area contributed by atoms with Gasteiger partial charge in [-0.05, 0) is 202 Å². The molecule has 0 radical (unpaired) electrons. The van der Waals surface area contributed by atoms with E-state index in [2.05, 4.69) is 162 Å². The Labute approximate surface area is 869 Å². The summed E-state index contributed by atoms with van der Waals surface area (Å²) in [7, 11) is 1.88. The molecule has 1 saturated heterocycles. The van der Waals surface area contributed by atoms with Gasteiger partial charge in [-0.1, -0.05) is 115 Å². The molecule has 0 unspecified atom stereocenters. The number of nitrogens with two attached hydrogens (primary N) is 7. The highest BCUT2D eigenvalue weighted by molar-refractivity contribution is 9.11. The van der Waals surface area contributed by atoms with Crippen LogP contribution in [0.4, 0.5) is 40.7 Å².